The average Bonchev–Trinajstić information content (AvgIpc) is 2.36. The van der Waals surface area contributed by atoms with Crippen molar-refractivity contribution in [2.24, 2.45) is 0 Å². The van der Waals surface area contributed by atoms with Crippen molar-refractivity contribution in [3.05, 3.63) is 12.7 Å². The highest BCUT2D eigenvalue weighted by Crippen LogP contribution is 2.49. The molecule has 0 radical (unpaired) electrons. The molecule has 0 heterocycles. The first-order valence-corrected chi connectivity index (χ1v) is 8.74. The third kappa shape index (κ3) is 11.6. The predicted octanol–water partition coefficient (Wildman–Crippen LogP) is 3.14. The van der Waals surface area contributed by atoms with Crippen LogP contribution in [-0.4, -0.2) is 51.4 Å². The van der Waals surface area contributed by atoms with Gasteiger partial charge in [-0.2, -0.15) is 0 Å². The summed E-state index contributed by atoms with van der Waals surface area (Å²) in [4.78, 5) is 11.2. The number of unbranched alkanes of at least 4 members (excludes halogenated alkanes) is 3. The zero-order valence-corrected chi connectivity index (χ0v) is 14.6. The lowest BCUT2D eigenvalue weighted by molar-refractivity contribution is -0.870. The van der Waals surface area contributed by atoms with Crippen LogP contribution in [0.2, 0.25) is 0 Å². The van der Waals surface area contributed by atoms with Crippen LogP contribution in [0.25, 0.3) is 0 Å². The van der Waals surface area contributed by atoms with Crippen LogP contribution >= 0.6 is 7.82 Å². The van der Waals surface area contributed by atoms with Crippen molar-refractivity contribution in [2.75, 3.05) is 40.9 Å². The predicted molar refractivity (Wildman–Crippen MR) is 82.8 cm³/mol. The Morgan fingerprint density at radius 1 is 1.14 bits per heavy atom. The topological polar surface area (TPSA) is 61.8 Å². The normalized spacial score (nSPS) is 14.5. The fraction of sp³-hybridized carbons (Fsp3) is 0.786. The van der Waals surface area contributed by atoms with Crippen LogP contribution in [0, 0.1) is 0 Å². The molecule has 0 saturated carbocycles. The van der Waals surface area contributed by atoms with Gasteiger partial charge in [-0.15, -0.1) is 0 Å². The lowest BCUT2D eigenvalue weighted by Crippen LogP contribution is -2.37. The van der Waals surface area contributed by atoms with Gasteiger partial charge in [0, 0.05) is 6.08 Å². The molecule has 124 valence electrons. The van der Waals surface area contributed by atoms with E-state index in [9.17, 15) is 9.36 Å². The first kappa shape index (κ1) is 20.3. The van der Waals surface area contributed by atoms with Crippen molar-refractivity contribution in [2.45, 2.75) is 32.6 Å². The summed E-state index contributed by atoms with van der Waals surface area (Å²) in [6.45, 7) is 6.42. The fourth-order valence-electron chi connectivity index (χ4n) is 1.37. The van der Waals surface area contributed by atoms with Crippen LogP contribution in [0.5, 0.6) is 0 Å². The molecule has 0 fully saturated rings. The maximum atomic E-state index is 12.4. The molecule has 0 saturated heterocycles. The van der Waals surface area contributed by atoms with Crippen LogP contribution < -0.4 is 0 Å². The van der Waals surface area contributed by atoms with Crippen LogP contribution in [-0.2, 0) is 22.9 Å². The number of likely N-dealkylation sites (N-methyl/N-ethyl adjacent to an activating group) is 1. The molecule has 0 spiro atoms. The van der Waals surface area contributed by atoms with E-state index in [1.807, 2.05) is 21.1 Å². The van der Waals surface area contributed by atoms with Gasteiger partial charge >= 0.3 is 13.8 Å². The summed E-state index contributed by atoms with van der Waals surface area (Å²) in [5.74, 6) is -0.808. The van der Waals surface area contributed by atoms with E-state index < -0.39 is 13.8 Å². The van der Waals surface area contributed by atoms with E-state index in [1.165, 1.54) is 0 Å². The molecule has 0 aromatic rings. The number of hydrogen-bond donors (Lipinski definition) is 0. The molecule has 6 nitrogen and oxygen atoms in total. The van der Waals surface area contributed by atoms with E-state index in [-0.39, 0.29) is 13.2 Å². The first-order chi connectivity index (χ1) is 9.72. The highest BCUT2D eigenvalue weighted by atomic mass is 31.2. The Balaban J connectivity index is 4.37. The average molecular weight is 322 g/mol. The van der Waals surface area contributed by atoms with Gasteiger partial charge in [0.15, 0.2) is 0 Å². The lowest BCUT2D eigenvalue weighted by atomic mass is 10.2. The minimum absolute atomic E-state index is 0.181. The second-order valence-electron chi connectivity index (χ2n) is 5.80. The van der Waals surface area contributed by atoms with Crippen LogP contribution in [0.1, 0.15) is 32.6 Å². The lowest BCUT2D eigenvalue weighted by Gasteiger charge is -2.24. The minimum Gasteiger partial charge on any atom is -0.367 e. The smallest absolute Gasteiger partial charge is 0.367 e. The third-order valence-electron chi connectivity index (χ3n) is 2.63. The van der Waals surface area contributed by atoms with Crippen LogP contribution in [0.15, 0.2) is 12.7 Å². The Hall–Kier alpha value is -0.680. The molecule has 0 aromatic carbocycles. The van der Waals surface area contributed by atoms with E-state index in [2.05, 4.69) is 13.5 Å². The Morgan fingerprint density at radius 3 is 2.29 bits per heavy atom. The highest BCUT2D eigenvalue weighted by Gasteiger charge is 2.31. The number of quaternary nitrogens is 1. The maximum absolute atomic E-state index is 12.4. The Kier molecular flexibility index (Phi) is 9.79. The molecular weight excluding hydrogens is 293 g/mol. The molecule has 0 N–H and O–H groups in total. The first-order valence-electron chi connectivity index (χ1n) is 7.28. The summed E-state index contributed by atoms with van der Waals surface area (Å²) in [6.07, 6.45) is 4.86. The van der Waals surface area contributed by atoms with E-state index in [4.69, 9.17) is 13.6 Å². The Morgan fingerprint density at radius 2 is 1.76 bits per heavy atom. The molecular formula is C14H29NO5P+. The molecule has 0 aliphatic heterocycles. The van der Waals surface area contributed by atoms with Gasteiger partial charge in [0.2, 0.25) is 0 Å². The monoisotopic (exact) mass is 322 g/mol. The number of nitrogens with zero attached hydrogens (tertiary/aromatic N) is 1. The molecule has 0 aromatic heterocycles. The summed E-state index contributed by atoms with van der Waals surface area (Å²) >= 11 is 0. The summed E-state index contributed by atoms with van der Waals surface area (Å²) in [6, 6.07) is 0. The van der Waals surface area contributed by atoms with Gasteiger partial charge < -0.3 is 9.01 Å². The van der Waals surface area contributed by atoms with E-state index in [0.717, 1.165) is 31.8 Å². The second-order valence-corrected chi connectivity index (χ2v) is 7.40. The molecule has 0 amide bonds. The van der Waals surface area contributed by atoms with Gasteiger partial charge in [-0.3, -0.25) is 9.05 Å². The standard InChI is InChI=1S/C14H29NO5P/c1-6-8-9-10-12-18-21(17,20-14(16)7-2)19-13-11-15(3,4)5/h7H,2,6,8-13H2,1,3-5H3/q+1. The number of carbonyl (C=O) groups excluding carboxylic acids is 1. The molecule has 7 heteroatoms. The van der Waals surface area contributed by atoms with Crippen LogP contribution in [0.4, 0.5) is 0 Å². The summed E-state index contributed by atoms with van der Waals surface area (Å²) < 4.78 is 28.2. The van der Waals surface area contributed by atoms with E-state index in [0.29, 0.717) is 11.0 Å². The van der Waals surface area contributed by atoms with Gasteiger partial charge in [0.25, 0.3) is 0 Å². The van der Waals surface area contributed by atoms with E-state index >= 15 is 0 Å². The van der Waals surface area contributed by atoms with Crippen molar-refractivity contribution in [3.8, 4) is 0 Å². The largest absolute Gasteiger partial charge is 0.532 e. The number of carbonyl (C=O) groups is 1. The molecule has 0 bridgehead atoms. The maximum Gasteiger partial charge on any atom is 0.532 e. The zero-order valence-electron chi connectivity index (χ0n) is 13.7. The van der Waals surface area contributed by atoms with Crippen molar-refractivity contribution < 1.29 is 27.4 Å². The quantitative estimate of drug-likeness (QED) is 0.239. The van der Waals surface area contributed by atoms with Crippen LogP contribution in [0.3, 0.4) is 0 Å². The molecule has 1 atom stereocenters. The number of phosphoric ester groups is 1. The zero-order chi connectivity index (χ0) is 16.4. The minimum atomic E-state index is -3.86. The summed E-state index contributed by atoms with van der Waals surface area (Å²) in [5, 5.41) is 0. The number of hydrogen-bond acceptors (Lipinski definition) is 5. The molecule has 0 aliphatic carbocycles. The summed E-state index contributed by atoms with van der Waals surface area (Å²) in [7, 11) is 2.09. The SMILES string of the molecule is C=CC(=O)OP(=O)(OCCCCCC)OCC[N+](C)(C)C. The Labute approximate surface area is 128 Å². The molecule has 0 aliphatic rings. The van der Waals surface area contributed by atoms with Crippen molar-refractivity contribution >= 4 is 13.8 Å². The Bertz CT molecular complexity index is 365. The fourth-order valence-corrected chi connectivity index (χ4v) is 2.50. The van der Waals surface area contributed by atoms with Crippen molar-refractivity contribution in [3.63, 3.8) is 0 Å². The molecule has 1 unspecified atom stereocenters. The highest BCUT2D eigenvalue weighted by molar-refractivity contribution is 7.49. The van der Waals surface area contributed by atoms with Gasteiger partial charge in [-0.1, -0.05) is 32.8 Å². The number of phosphoric acid groups is 1. The summed E-state index contributed by atoms with van der Waals surface area (Å²) in [5.41, 5.74) is 0. The van der Waals surface area contributed by atoms with Crippen molar-refractivity contribution in [1.82, 2.24) is 0 Å². The van der Waals surface area contributed by atoms with Gasteiger partial charge in [0.05, 0.1) is 27.7 Å². The van der Waals surface area contributed by atoms with Crippen molar-refractivity contribution in [1.29, 1.82) is 0 Å². The molecule has 0 rings (SSSR count). The van der Waals surface area contributed by atoms with Gasteiger partial charge in [0.1, 0.15) is 13.2 Å². The third-order valence-corrected chi connectivity index (χ3v) is 4.03. The second kappa shape index (κ2) is 10.1. The van der Waals surface area contributed by atoms with Gasteiger partial charge in [-0.05, 0) is 6.42 Å². The molecule has 21 heavy (non-hydrogen) atoms. The number of rotatable bonds is 12. The van der Waals surface area contributed by atoms with Gasteiger partial charge in [-0.25, -0.2) is 9.36 Å². The van der Waals surface area contributed by atoms with E-state index in [1.54, 1.807) is 0 Å².